The van der Waals surface area contributed by atoms with Crippen molar-refractivity contribution in [2.75, 3.05) is 13.2 Å². The van der Waals surface area contributed by atoms with Gasteiger partial charge in [-0.1, -0.05) is 6.92 Å². The topological polar surface area (TPSA) is 79.2 Å². The monoisotopic (exact) mass is 246 g/mol. The second-order valence-electron chi connectivity index (χ2n) is 4.35. The summed E-state index contributed by atoms with van der Waals surface area (Å²) in [5, 5.41) is 7.82. The Balaban J connectivity index is 2.75. The van der Waals surface area contributed by atoms with Gasteiger partial charge >= 0.3 is 0 Å². The average molecular weight is 246 g/mol. The Labute approximate surface area is 96.8 Å². The molecular formula is C10H18N2O3S. The highest BCUT2D eigenvalue weighted by atomic mass is 32.2. The van der Waals surface area contributed by atoms with E-state index in [0.29, 0.717) is 32.5 Å². The summed E-state index contributed by atoms with van der Waals surface area (Å²) < 4.78 is 31.6. The zero-order chi connectivity index (χ0) is 12.2. The second kappa shape index (κ2) is 5.13. The van der Waals surface area contributed by atoms with Gasteiger partial charge in [0.2, 0.25) is 10.0 Å². The van der Waals surface area contributed by atoms with E-state index in [1.54, 1.807) is 6.92 Å². The molecule has 1 N–H and O–H groups in total. The highest BCUT2D eigenvalue weighted by molar-refractivity contribution is 7.90. The van der Waals surface area contributed by atoms with E-state index < -0.39 is 20.8 Å². The third-order valence-corrected chi connectivity index (χ3v) is 4.84. The molecule has 16 heavy (non-hydrogen) atoms. The van der Waals surface area contributed by atoms with Gasteiger partial charge in [-0.25, -0.2) is 13.1 Å². The molecule has 0 radical (unpaired) electrons. The van der Waals surface area contributed by atoms with E-state index in [0.717, 1.165) is 0 Å². The standard InChI is InChI=1S/C10H18N2O3S/c1-3-9(8-11)16(13,14)12-10(2)4-6-15-7-5-10/h9,12H,3-7H2,1-2H3. The molecule has 0 aromatic rings. The van der Waals surface area contributed by atoms with Crippen LogP contribution in [0.2, 0.25) is 0 Å². The molecule has 0 aromatic carbocycles. The lowest BCUT2D eigenvalue weighted by Crippen LogP contribution is -2.51. The Morgan fingerprint density at radius 1 is 1.50 bits per heavy atom. The van der Waals surface area contributed by atoms with Crippen LogP contribution in [0.3, 0.4) is 0 Å². The van der Waals surface area contributed by atoms with E-state index in [1.165, 1.54) is 0 Å². The van der Waals surface area contributed by atoms with E-state index in [9.17, 15) is 8.42 Å². The van der Waals surface area contributed by atoms with Crippen LogP contribution in [-0.2, 0) is 14.8 Å². The number of rotatable bonds is 4. The molecule has 0 bridgehead atoms. The van der Waals surface area contributed by atoms with Crippen molar-refractivity contribution >= 4 is 10.0 Å². The van der Waals surface area contributed by atoms with Crippen molar-refractivity contribution in [1.29, 1.82) is 5.26 Å². The summed E-state index contributed by atoms with van der Waals surface area (Å²) in [6.45, 7) is 4.67. The highest BCUT2D eigenvalue weighted by Gasteiger charge is 2.35. The smallest absolute Gasteiger partial charge is 0.228 e. The van der Waals surface area contributed by atoms with Gasteiger partial charge in [0, 0.05) is 18.8 Å². The highest BCUT2D eigenvalue weighted by Crippen LogP contribution is 2.22. The van der Waals surface area contributed by atoms with Gasteiger partial charge < -0.3 is 4.74 Å². The molecule has 1 fully saturated rings. The molecule has 1 heterocycles. The first-order chi connectivity index (χ1) is 7.43. The molecule has 0 aliphatic carbocycles. The van der Waals surface area contributed by atoms with Gasteiger partial charge in [0.25, 0.3) is 0 Å². The van der Waals surface area contributed by atoms with Gasteiger partial charge in [-0.05, 0) is 26.2 Å². The second-order valence-corrected chi connectivity index (χ2v) is 6.21. The molecule has 0 aromatic heterocycles. The van der Waals surface area contributed by atoms with Crippen molar-refractivity contribution < 1.29 is 13.2 Å². The number of sulfonamides is 1. The third-order valence-electron chi connectivity index (χ3n) is 2.87. The molecule has 1 aliphatic heterocycles. The fraction of sp³-hybridized carbons (Fsp3) is 0.900. The van der Waals surface area contributed by atoms with Crippen LogP contribution in [-0.4, -0.2) is 32.4 Å². The minimum absolute atomic E-state index is 0.304. The molecule has 1 saturated heterocycles. The van der Waals surface area contributed by atoms with Gasteiger partial charge in [-0.2, -0.15) is 5.26 Å². The number of nitriles is 1. The van der Waals surface area contributed by atoms with Crippen molar-refractivity contribution in [1.82, 2.24) is 4.72 Å². The van der Waals surface area contributed by atoms with E-state index in [-0.39, 0.29) is 0 Å². The van der Waals surface area contributed by atoms with Gasteiger partial charge in [0.15, 0.2) is 5.25 Å². The SMILES string of the molecule is CCC(C#N)S(=O)(=O)NC1(C)CCOCC1. The summed E-state index contributed by atoms with van der Waals surface area (Å²) in [4.78, 5) is 0. The summed E-state index contributed by atoms with van der Waals surface area (Å²) in [6, 6.07) is 1.82. The average Bonchev–Trinajstić information content (AvgIpc) is 2.18. The van der Waals surface area contributed by atoms with Gasteiger partial charge in [0.05, 0.1) is 6.07 Å². The first-order valence-corrected chi connectivity index (χ1v) is 6.98. The molecule has 1 atom stereocenters. The minimum atomic E-state index is -3.55. The summed E-state index contributed by atoms with van der Waals surface area (Å²) in [5.74, 6) is 0. The Morgan fingerprint density at radius 2 is 2.06 bits per heavy atom. The first-order valence-electron chi connectivity index (χ1n) is 5.44. The molecule has 6 heteroatoms. The predicted molar refractivity (Wildman–Crippen MR) is 60.2 cm³/mol. The molecule has 5 nitrogen and oxygen atoms in total. The Hall–Kier alpha value is -0.640. The molecule has 0 spiro atoms. The van der Waals surface area contributed by atoms with Crippen molar-refractivity contribution in [3.05, 3.63) is 0 Å². The molecule has 0 saturated carbocycles. The fourth-order valence-electron chi connectivity index (χ4n) is 1.72. The lowest BCUT2D eigenvalue weighted by atomic mass is 9.94. The molecule has 1 unspecified atom stereocenters. The quantitative estimate of drug-likeness (QED) is 0.795. The van der Waals surface area contributed by atoms with Crippen LogP contribution in [0.15, 0.2) is 0 Å². The van der Waals surface area contributed by atoms with Crippen LogP contribution >= 0.6 is 0 Å². The van der Waals surface area contributed by atoms with E-state index >= 15 is 0 Å². The van der Waals surface area contributed by atoms with Crippen molar-refractivity contribution in [2.24, 2.45) is 0 Å². The van der Waals surface area contributed by atoms with Crippen LogP contribution in [0.5, 0.6) is 0 Å². The van der Waals surface area contributed by atoms with E-state index in [4.69, 9.17) is 10.00 Å². The number of nitrogens with one attached hydrogen (secondary N) is 1. The maximum absolute atomic E-state index is 11.9. The van der Waals surface area contributed by atoms with Crippen LogP contribution in [0.4, 0.5) is 0 Å². The van der Waals surface area contributed by atoms with Crippen LogP contribution < -0.4 is 4.72 Å². The number of nitrogens with zero attached hydrogens (tertiary/aromatic N) is 1. The van der Waals surface area contributed by atoms with Gasteiger partial charge in [0.1, 0.15) is 0 Å². The number of ether oxygens (including phenoxy) is 1. The van der Waals surface area contributed by atoms with Gasteiger partial charge in [-0.15, -0.1) is 0 Å². The first kappa shape index (κ1) is 13.4. The predicted octanol–water partition coefficient (Wildman–Crippen LogP) is 0.777. The Bertz CT molecular complexity index is 366. The summed E-state index contributed by atoms with van der Waals surface area (Å²) in [5.41, 5.74) is -0.471. The Morgan fingerprint density at radius 3 is 2.50 bits per heavy atom. The molecule has 1 rings (SSSR count). The maximum atomic E-state index is 11.9. The van der Waals surface area contributed by atoms with Crippen molar-refractivity contribution in [3.63, 3.8) is 0 Å². The molecular weight excluding hydrogens is 228 g/mol. The minimum Gasteiger partial charge on any atom is -0.381 e. The van der Waals surface area contributed by atoms with Gasteiger partial charge in [-0.3, -0.25) is 0 Å². The lowest BCUT2D eigenvalue weighted by molar-refractivity contribution is 0.0537. The largest absolute Gasteiger partial charge is 0.381 e. The normalized spacial score (nSPS) is 22.3. The zero-order valence-electron chi connectivity index (χ0n) is 9.69. The number of hydrogen-bond acceptors (Lipinski definition) is 4. The molecule has 0 amide bonds. The lowest BCUT2D eigenvalue weighted by Gasteiger charge is -2.34. The zero-order valence-corrected chi connectivity index (χ0v) is 10.5. The molecule has 92 valence electrons. The van der Waals surface area contributed by atoms with E-state index in [2.05, 4.69) is 4.72 Å². The third kappa shape index (κ3) is 3.17. The Kier molecular flexibility index (Phi) is 4.30. The van der Waals surface area contributed by atoms with Crippen molar-refractivity contribution in [3.8, 4) is 6.07 Å². The van der Waals surface area contributed by atoms with E-state index in [1.807, 2.05) is 13.0 Å². The molecule has 1 aliphatic rings. The summed E-state index contributed by atoms with van der Waals surface area (Å²) >= 11 is 0. The summed E-state index contributed by atoms with van der Waals surface area (Å²) in [6.07, 6.45) is 1.60. The van der Waals surface area contributed by atoms with Crippen molar-refractivity contribution in [2.45, 2.75) is 43.9 Å². The van der Waals surface area contributed by atoms with Crippen LogP contribution in [0, 0.1) is 11.3 Å². The number of hydrogen-bond donors (Lipinski definition) is 1. The van der Waals surface area contributed by atoms with Crippen LogP contribution in [0.1, 0.15) is 33.1 Å². The maximum Gasteiger partial charge on any atom is 0.228 e. The van der Waals surface area contributed by atoms with Crippen LogP contribution in [0.25, 0.3) is 0 Å². The summed E-state index contributed by atoms with van der Waals surface area (Å²) in [7, 11) is -3.55. The fourth-order valence-corrected chi connectivity index (χ4v) is 3.33.